The maximum atomic E-state index is 11.8. The zero-order chi connectivity index (χ0) is 15.1. The lowest BCUT2D eigenvalue weighted by Gasteiger charge is -2.17. The lowest BCUT2D eigenvalue weighted by Crippen LogP contribution is -2.37. The SMILES string of the molecule is CCOC(CNC(=O)Nc1ccc2c(c1)OCO2)OCC. The van der Waals surface area contributed by atoms with Crippen molar-refractivity contribution in [3.8, 4) is 11.5 Å². The Morgan fingerprint density at radius 3 is 2.67 bits per heavy atom. The van der Waals surface area contributed by atoms with Gasteiger partial charge in [-0.25, -0.2) is 4.79 Å². The molecule has 1 aromatic carbocycles. The molecule has 1 aliphatic rings. The predicted molar refractivity (Wildman–Crippen MR) is 76.6 cm³/mol. The number of nitrogens with one attached hydrogen (secondary N) is 2. The minimum atomic E-state index is -0.442. The summed E-state index contributed by atoms with van der Waals surface area (Å²) < 4.78 is 21.1. The van der Waals surface area contributed by atoms with Gasteiger partial charge in [-0.15, -0.1) is 0 Å². The van der Waals surface area contributed by atoms with Gasteiger partial charge >= 0.3 is 6.03 Å². The summed E-state index contributed by atoms with van der Waals surface area (Å²) in [6.07, 6.45) is -0.442. The molecule has 0 fully saturated rings. The van der Waals surface area contributed by atoms with Gasteiger partial charge in [0.25, 0.3) is 0 Å². The molecule has 0 saturated heterocycles. The largest absolute Gasteiger partial charge is 0.454 e. The molecule has 0 aromatic heterocycles. The monoisotopic (exact) mass is 296 g/mol. The number of anilines is 1. The quantitative estimate of drug-likeness (QED) is 0.752. The second-order valence-corrected chi connectivity index (χ2v) is 4.24. The maximum Gasteiger partial charge on any atom is 0.319 e. The Bertz CT molecular complexity index is 474. The number of carbonyl (C=O) groups is 1. The van der Waals surface area contributed by atoms with Crippen molar-refractivity contribution in [3.05, 3.63) is 18.2 Å². The Balaban J connectivity index is 1.81. The van der Waals surface area contributed by atoms with Crippen molar-refractivity contribution in [3.63, 3.8) is 0 Å². The molecular weight excluding hydrogens is 276 g/mol. The molecule has 1 aromatic rings. The van der Waals surface area contributed by atoms with Crippen LogP contribution in [0, 0.1) is 0 Å². The fourth-order valence-corrected chi connectivity index (χ4v) is 1.86. The van der Waals surface area contributed by atoms with Crippen LogP contribution in [0.2, 0.25) is 0 Å². The lowest BCUT2D eigenvalue weighted by atomic mass is 10.3. The van der Waals surface area contributed by atoms with Crippen LogP contribution in [-0.2, 0) is 9.47 Å². The number of amides is 2. The van der Waals surface area contributed by atoms with E-state index in [1.807, 2.05) is 13.8 Å². The van der Waals surface area contributed by atoms with Crippen LogP contribution in [0.1, 0.15) is 13.8 Å². The van der Waals surface area contributed by atoms with E-state index in [-0.39, 0.29) is 19.4 Å². The molecule has 7 heteroatoms. The summed E-state index contributed by atoms with van der Waals surface area (Å²) in [7, 11) is 0. The lowest BCUT2D eigenvalue weighted by molar-refractivity contribution is -0.131. The highest BCUT2D eigenvalue weighted by Crippen LogP contribution is 2.34. The number of hydrogen-bond donors (Lipinski definition) is 2. The molecule has 2 amide bonds. The van der Waals surface area contributed by atoms with E-state index >= 15 is 0 Å². The fourth-order valence-electron chi connectivity index (χ4n) is 1.86. The summed E-state index contributed by atoms with van der Waals surface area (Å²) in [4.78, 5) is 11.8. The topological polar surface area (TPSA) is 78.1 Å². The van der Waals surface area contributed by atoms with E-state index < -0.39 is 6.29 Å². The molecule has 2 rings (SSSR count). The molecular formula is C14H20N2O5. The van der Waals surface area contributed by atoms with Crippen molar-refractivity contribution in [1.29, 1.82) is 0 Å². The second-order valence-electron chi connectivity index (χ2n) is 4.24. The van der Waals surface area contributed by atoms with Crippen LogP contribution < -0.4 is 20.1 Å². The second kappa shape index (κ2) is 7.70. The van der Waals surface area contributed by atoms with E-state index in [1.165, 1.54) is 0 Å². The van der Waals surface area contributed by atoms with Crippen molar-refractivity contribution in [2.45, 2.75) is 20.1 Å². The van der Waals surface area contributed by atoms with Crippen LogP contribution in [0.25, 0.3) is 0 Å². The van der Waals surface area contributed by atoms with E-state index in [2.05, 4.69) is 10.6 Å². The first-order valence-electron chi connectivity index (χ1n) is 6.90. The third kappa shape index (κ3) is 4.51. The van der Waals surface area contributed by atoms with Gasteiger partial charge in [0.1, 0.15) is 0 Å². The molecule has 7 nitrogen and oxygen atoms in total. The van der Waals surface area contributed by atoms with E-state index in [4.69, 9.17) is 18.9 Å². The van der Waals surface area contributed by atoms with Crippen molar-refractivity contribution in [2.75, 3.05) is 31.9 Å². The van der Waals surface area contributed by atoms with E-state index in [0.717, 1.165) is 0 Å². The van der Waals surface area contributed by atoms with Crippen LogP contribution in [0.5, 0.6) is 11.5 Å². The molecule has 1 heterocycles. The van der Waals surface area contributed by atoms with E-state index in [0.29, 0.717) is 30.4 Å². The first kappa shape index (κ1) is 15.4. The van der Waals surface area contributed by atoms with Crippen LogP contribution in [0.4, 0.5) is 10.5 Å². The molecule has 1 aliphatic heterocycles. The molecule has 21 heavy (non-hydrogen) atoms. The molecule has 0 saturated carbocycles. The molecule has 0 radical (unpaired) electrons. The molecule has 116 valence electrons. The van der Waals surface area contributed by atoms with Gasteiger partial charge in [0.05, 0.1) is 6.54 Å². The molecule has 0 unspecified atom stereocenters. The molecule has 2 N–H and O–H groups in total. The van der Waals surface area contributed by atoms with E-state index in [9.17, 15) is 4.79 Å². The van der Waals surface area contributed by atoms with Gasteiger partial charge in [-0.2, -0.15) is 0 Å². The summed E-state index contributed by atoms with van der Waals surface area (Å²) in [6, 6.07) is 4.87. The smallest absolute Gasteiger partial charge is 0.319 e. The van der Waals surface area contributed by atoms with Gasteiger partial charge in [-0.05, 0) is 26.0 Å². The van der Waals surface area contributed by atoms with E-state index in [1.54, 1.807) is 18.2 Å². The molecule has 0 atom stereocenters. The normalized spacial score (nSPS) is 12.5. The van der Waals surface area contributed by atoms with Gasteiger partial charge in [0, 0.05) is 25.0 Å². The Morgan fingerprint density at radius 2 is 1.95 bits per heavy atom. The Hall–Kier alpha value is -1.99. The van der Waals surface area contributed by atoms with Gasteiger partial charge in [0.2, 0.25) is 6.79 Å². The minimum absolute atomic E-state index is 0.204. The number of urea groups is 1. The van der Waals surface area contributed by atoms with Crippen molar-refractivity contribution >= 4 is 11.7 Å². The molecule has 0 aliphatic carbocycles. The number of carbonyl (C=O) groups excluding carboxylic acids is 1. The summed E-state index contributed by atoms with van der Waals surface area (Å²) >= 11 is 0. The van der Waals surface area contributed by atoms with Crippen LogP contribution in [0.3, 0.4) is 0 Å². The Labute approximate surface area is 123 Å². The van der Waals surface area contributed by atoms with Gasteiger partial charge in [-0.3, -0.25) is 0 Å². The minimum Gasteiger partial charge on any atom is -0.454 e. The molecule has 0 bridgehead atoms. The van der Waals surface area contributed by atoms with Crippen LogP contribution in [0.15, 0.2) is 18.2 Å². The summed E-state index contributed by atoms with van der Waals surface area (Å²) in [5, 5.41) is 5.41. The van der Waals surface area contributed by atoms with Crippen LogP contribution >= 0.6 is 0 Å². The summed E-state index contributed by atoms with van der Waals surface area (Å²) in [5.74, 6) is 1.29. The first-order chi connectivity index (χ1) is 10.2. The highest BCUT2D eigenvalue weighted by molar-refractivity contribution is 5.89. The average molecular weight is 296 g/mol. The predicted octanol–water partition coefficient (Wildman–Crippen LogP) is 1.94. The van der Waals surface area contributed by atoms with Gasteiger partial charge in [-0.1, -0.05) is 0 Å². The van der Waals surface area contributed by atoms with Gasteiger partial charge < -0.3 is 29.6 Å². The number of ether oxygens (including phenoxy) is 4. The number of rotatable bonds is 7. The number of hydrogen-bond acceptors (Lipinski definition) is 5. The maximum absolute atomic E-state index is 11.8. The summed E-state index contributed by atoms with van der Waals surface area (Å²) in [5.41, 5.74) is 0.626. The number of fused-ring (bicyclic) bond motifs is 1. The zero-order valence-corrected chi connectivity index (χ0v) is 12.2. The highest BCUT2D eigenvalue weighted by atomic mass is 16.7. The highest BCUT2D eigenvalue weighted by Gasteiger charge is 2.14. The third-order valence-electron chi connectivity index (χ3n) is 2.76. The Kier molecular flexibility index (Phi) is 5.65. The summed E-state index contributed by atoms with van der Waals surface area (Å²) in [6.45, 7) is 5.27. The fraction of sp³-hybridized carbons (Fsp3) is 0.500. The Morgan fingerprint density at radius 1 is 1.24 bits per heavy atom. The third-order valence-corrected chi connectivity index (χ3v) is 2.76. The first-order valence-corrected chi connectivity index (χ1v) is 6.90. The van der Waals surface area contributed by atoms with Crippen LogP contribution in [-0.4, -0.2) is 38.9 Å². The molecule has 0 spiro atoms. The van der Waals surface area contributed by atoms with Crippen molar-refractivity contribution in [1.82, 2.24) is 5.32 Å². The standard InChI is InChI=1S/C14H20N2O5/c1-3-18-13(19-4-2)8-15-14(17)16-10-5-6-11-12(7-10)21-9-20-11/h5-7,13H,3-4,8-9H2,1-2H3,(H2,15,16,17). The average Bonchev–Trinajstić information content (AvgIpc) is 2.93. The van der Waals surface area contributed by atoms with Crippen molar-refractivity contribution < 1.29 is 23.7 Å². The zero-order valence-electron chi connectivity index (χ0n) is 12.2. The van der Waals surface area contributed by atoms with Crippen molar-refractivity contribution in [2.24, 2.45) is 0 Å². The number of benzene rings is 1. The van der Waals surface area contributed by atoms with Gasteiger partial charge in [0.15, 0.2) is 17.8 Å².